The Morgan fingerprint density at radius 3 is 2.39 bits per heavy atom. The van der Waals surface area contributed by atoms with Gasteiger partial charge >= 0.3 is 0 Å². The summed E-state index contributed by atoms with van der Waals surface area (Å²) in [6, 6.07) is 4.26. The maximum Gasteiger partial charge on any atom is 0.155 e. The molecule has 98 valence electrons. The summed E-state index contributed by atoms with van der Waals surface area (Å²) in [5.41, 5.74) is 4.44. The second kappa shape index (κ2) is 5.51. The van der Waals surface area contributed by atoms with E-state index < -0.39 is 0 Å². The fourth-order valence-electron chi connectivity index (χ4n) is 2.61. The zero-order chi connectivity index (χ0) is 13.1. The van der Waals surface area contributed by atoms with Gasteiger partial charge in [0.2, 0.25) is 0 Å². The predicted molar refractivity (Wildman–Crippen MR) is 75.0 cm³/mol. The minimum absolute atomic E-state index is 0.596. The second-order valence-corrected chi connectivity index (χ2v) is 5.15. The lowest BCUT2D eigenvalue weighted by molar-refractivity contribution is 0.547. The summed E-state index contributed by atoms with van der Waals surface area (Å²) in [5.74, 6) is 0.596. The highest BCUT2D eigenvalue weighted by molar-refractivity contribution is 5.41. The van der Waals surface area contributed by atoms with Crippen molar-refractivity contribution in [1.82, 2.24) is 14.6 Å². The molecule has 0 unspecified atom stereocenters. The van der Waals surface area contributed by atoms with Gasteiger partial charge in [0.15, 0.2) is 5.65 Å². The third-order valence-corrected chi connectivity index (χ3v) is 3.44. The van der Waals surface area contributed by atoms with E-state index in [4.69, 9.17) is 4.98 Å². The van der Waals surface area contributed by atoms with Crippen LogP contribution in [0.25, 0.3) is 5.65 Å². The van der Waals surface area contributed by atoms with Gasteiger partial charge in [0.25, 0.3) is 0 Å². The molecule has 0 aliphatic heterocycles. The molecule has 0 fully saturated rings. The number of hydrogen-bond acceptors (Lipinski definition) is 2. The van der Waals surface area contributed by atoms with Gasteiger partial charge in [-0.1, -0.05) is 26.7 Å². The van der Waals surface area contributed by atoms with Crippen molar-refractivity contribution in [1.29, 1.82) is 0 Å². The summed E-state index contributed by atoms with van der Waals surface area (Å²) in [6.07, 6.45) is 4.89. The van der Waals surface area contributed by atoms with Crippen molar-refractivity contribution in [2.24, 2.45) is 0 Å². The average Bonchev–Trinajstić information content (AvgIpc) is 2.70. The van der Waals surface area contributed by atoms with Gasteiger partial charge in [0.05, 0.1) is 5.69 Å². The Labute approximate surface area is 109 Å². The van der Waals surface area contributed by atoms with E-state index in [1.165, 1.54) is 37.1 Å². The van der Waals surface area contributed by atoms with Crippen molar-refractivity contribution in [3.63, 3.8) is 0 Å². The highest BCUT2D eigenvalue weighted by Crippen LogP contribution is 2.26. The molecule has 0 radical (unpaired) electrons. The van der Waals surface area contributed by atoms with Crippen molar-refractivity contribution in [2.75, 3.05) is 0 Å². The molecule has 0 aliphatic rings. The van der Waals surface area contributed by atoms with Crippen molar-refractivity contribution in [2.45, 2.75) is 59.3 Å². The fraction of sp³-hybridized carbons (Fsp3) is 0.600. The first-order valence-corrected chi connectivity index (χ1v) is 6.99. The number of fused-ring (bicyclic) bond motifs is 1. The Morgan fingerprint density at radius 1 is 1.11 bits per heavy atom. The van der Waals surface area contributed by atoms with Gasteiger partial charge in [-0.25, -0.2) is 9.50 Å². The SMILES string of the molecule is CCCC(CCC)c1cc(C)n2nc(C)cc2n1. The standard InChI is InChI=1S/C15H23N3/c1-5-7-13(8-6-2)14-10-12(4)18-15(16-14)9-11(3)17-18/h9-10,13H,5-8H2,1-4H3. The maximum atomic E-state index is 4.79. The predicted octanol–water partition coefficient (Wildman–Crippen LogP) is 4.03. The zero-order valence-corrected chi connectivity index (χ0v) is 11.9. The summed E-state index contributed by atoms with van der Waals surface area (Å²) in [4.78, 5) is 4.79. The van der Waals surface area contributed by atoms with Gasteiger partial charge in [0.1, 0.15) is 0 Å². The Balaban J connectivity index is 2.42. The van der Waals surface area contributed by atoms with Gasteiger partial charge in [0, 0.05) is 23.4 Å². The molecule has 18 heavy (non-hydrogen) atoms. The molecule has 0 bridgehead atoms. The number of hydrogen-bond donors (Lipinski definition) is 0. The summed E-state index contributed by atoms with van der Waals surface area (Å²) in [7, 11) is 0. The van der Waals surface area contributed by atoms with E-state index in [9.17, 15) is 0 Å². The van der Waals surface area contributed by atoms with Gasteiger partial charge in [-0.2, -0.15) is 5.10 Å². The smallest absolute Gasteiger partial charge is 0.155 e. The van der Waals surface area contributed by atoms with Crippen molar-refractivity contribution < 1.29 is 0 Å². The molecule has 2 heterocycles. The van der Waals surface area contributed by atoms with Crippen LogP contribution in [0.1, 0.15) is 62.5 Å². The van der Waals surface area contributed by atoms with Gasteiger partial charge in [-0.15, -0.1) is 0 Å². The van der Waals surface area contributed by atoms with Crippen molar-refractivity contribution in [3.8, 4) is 0 Å². The molecule has 2 aromatic heterocycles. The lowest BCUT2D eigenvalue weighted by atomic mass is 9.94. The minimum Gasteiger partial charge on any atom is -0.233 e. The van der Waals surface area contributed by atoms with Crippen molar-refractivity contribution in [3.05, 3.63) is 29.2 Å². The molecule has 3 heteroatoms. The summed E-state index contributed by atoms with van der Waals surface area (Å²) >= 11 is 0. The quantitative estimate of drug-likeness (QED) is 0.796. The number of rotatable bonds is 5. The van der Waals surface area contributed by atoms with Gasteiger partial charge < -0.3 is 0 Å². The monoisotopic (exact) mass is 245 g/mol. The van der Waals surface area contributed by atoms with Crippen LogP contribution in [-0.2, 0) is 0 Å². The maximum absolute atomic E-state index is 4.79. The topological polar surface area (TPSA) is 30.2 Å². The number of aromatic nitrogens is 3. The number of aryl methyl sites for hydroxylation is 2. The Bertz CT molecular complexity index is 522. The third-order valence-electron chi connectivity index (χ3n) is 3.44. The van der Waals surface area contributed by atoms with Crippen LogP contribution in [0.2, 0.25) is 0 Å². The van der Waals surface area contributed by atoms with E-state index in [1.54, 1.807) is 0 Å². The first-order valence-electron chi connectivity index (χ1n) is 6.99. The van der Waals surface area contributed by atoms with Crippen LogP contribution in [0.5, 0.6) is 0 Å². The first kappa shape index (κ1) is 13.1. The highest BCUT2D eigenvalue weighted by Gasteiger charge is 2.14. The molecule has 0 aromatic carbocycles. The molecule has 2 rings (SSSR count). The lowest BCUT2D eigenvalue weighted by Gasteiger charge is -2.15. The molecular formula is C15H23N3. The molecule has 3 nitrogen and oxygen atoms in total. The Kier molecular flexibility index (Phi) is 4.00. The van der Waals surface area contributed by atoms with Gasteiger partial charge in [-0.3, -0.25) is 0 Å². The van der Waals surface area contributed by atoms with E-state index >= 15 is 0 Å². The number of nitrogens with zero attached hydrogens (tertiary/aromatic N) is 3. The largest absolute Gasteiger partial charge is 0.233 e. The molecular weight excluding hydrogens is 222 g/mol. The third kappa shape index (κ3) is 2.55. The van der Waals surface area contributed by atoms with Crippen LogP contribution in [-0.4, -0.2) is 14.6 Å². The Hall–Kier alpha value is -1.38. The van der Waals surface area contributed by atoms with E-state index in [2.05, 4.69) is 38.0 Å². The summed E-state index contributed by atoms with van der Waals surface area (Å²) in [5, 5.41) is 4.46. The molecule has 0 saturated carbocycles. The zero-order valence-electron chi connectivity index (χ0n) is 11.9. The van der Waals surface area contributed by atoms with Crippen LogP contribution in [0, 0.1) is 13.8 Å². The fourth-order valence-corrected chi connectivity index (χ4v) is 2.61. The molecule has 0 amide bonds. The second-order valence-electron chi connectivity index (χ2n) is 5.15. The molecule has 0 N–H and O–H groups in total. The highest BCUT2D eigenvalue weighted by atomic mass is 15.3. The first-order chi connectivity index (χ1) is 8.65. The molecule has 0 atom stereocenters. The summed E-state index contributed by atoms with van der Waals surface area (Å²) in [6.45, 7) is 8.62. The van der Waals surface area contributed by atoms with Crippen molar-refractivity contribution >= 4 is 5.65 Å². The van der Waals surface area contributed by atoms with Crippen LogP contribution in [0.3, 0.4) is 0 Å². The van der Waals surface area contributed by atoms with E-state index in [0.717, 1.165) is 11.3 Å². The normalized spacial score (nSPS) is 11.6. The van der Waals surface area contributed by atoms with Crippen LogP contribution >= 0.6 is 0 Å². The minimum atomic E-state index is 0.596. The van der Waals surface area contributed by atoms with Crippen LogP contribution in [0.4, 0.5) is 0 Å². The summed E-state index contributed by atoms with van der Waals surface area (Å²) < 4.78 is 1.94. The van der Waals surface area contributed by atoms with Gasteiger partial charge in [-0.05, 0) is 32.8 Å². The molecule has 2 aromatic rings. The molecule has 0 saturated heterocycles. The molecule has 0 aliphatic carbocycles. The van der Waals surface area contributed by atoms with Crippen LogP contribution in [0.15, 0.2) is 12.1 Å². The lowest BCUT2D eigenvalue weighted by Crippen LogP contribution is -2.05. The van der Waals surface area contributed by atoms with E-state index in [1.807, 2.05) is 11.4 Å². The molecule has 0 spiro atoms. The van der Waals surface area contributed by atoms with E-state index in [0.29, 0.717) is 5.92 Å². The van der Waals surface area contributed by atoms with Crippen LogP contribution < -0.4 is 0 Å². The Morgan fingerprint density at radius 2 is 1.78 bits per heavy atom. The average molecular weight is 245 g/mol. The van der Waals surface area contributed by atoms with E-state index in [-0.39, 0.29) is 0 Å².